The summed E-state index contributed by atoms with van der Waals surface area (Å²) in [6.45, 7) is 6.22. The van der Waals surface area contributed by atoms with E-state index >= 15 is 0 Å². The van der Waals surface area contributed by atoms with Gasteiger partial charge in [0.15, 0.2) is 11.2 Å². The lowest BCUT2D eigenvalue weighted by Gasteiger charge is -2.38. The summed E-state index contributed by atoms with van der Waals surface area (Å²) in [5.74, 6) is -2.25. The second kappa shape index (κ2) is 16.3. The molecular weight excluding hydrogens is 778 g/mol. The van der Waals surface area contributed by atoms with Crippen LogP contribution in [0.25, 0.3) is 21.8 Å². The monoisotopic (exact) mass is 818 g/mol. The molecule has 2 unspecified atom stereocenters. The number of aliphatic hydroxyl groups is 2. The molecule has 4 aromatic carbocycles. The summed E-state index contributed by atoms with van der Waals surface area (Å²) >= 11 is 0. The second-order valence-corrected chi connectivity index (χ2v) is 15.8. The number of fused-ring (bicyclic) bond motifs is 2. The number of hydrogen-bond donors (Lipinski definition) is 2. The van der Waals surface area contributed by atoms with Gasteiger partial charge in [0, 0.05) is 42.1 Å². The lowest BCUT2D eigenvalue weighted by Crippen LogP contribution is -2.50. The smallest absolute Gasteiger partial charge is 0.380 e. The summed E-state index contributed by atoms with van der Waals surface area (Å²) in [4.78, 5) is 7.97. The van der Waals surface area contributed by atoms with E-state index in [2.05, 4.69) is 9.97 Å². The van der Waals surface area contributed by atoms with Crippen LogP contribution in [0.2, 0.25) is 0 Å². The maximum absolute atomic E-state index is 14.3. The minimum Gasteiger partial charge on any atom is -0.380 e. The molecule has 58 heavy (non-hydrogen) atoms. The zero-order valence-corrected chi connectivity index (χ0v) is 31.8. The van der Waals surface area contributed by atoms with Gasteiger partial charge in [-0.15, -0.1) is 0 Å². The standard InChI is InChI=1S/2C22H20F5NO/c1-20(2,15-3-5-16(23)6-4-15)13-21(29,22(25,26)27)12-14-9-10-28-19-11-17(24)7-8-18(14)19;1-20(2,15-6-8-16(23)9-7-15)13-21(29,22(25,26)27)12-14-10-11-28-18-5-3-4-17(24)19(14)18/h2*3-11,29H,12-13H2,1-2H3. The van der Waals surface area contributed by atoms with Crippen molar-refractivity contribution in [3.63, 3.8) is 0 Å². The van der Waals surface area contributed by atoms with E-state index in [1.807, 2.05) is 0 Å². The molecule has 0 bridgehead atoms. The molecule has 0 aliphatic carbocycles. The van der Waals surface area contributed by atoms with E-state index in [0.717, 1.165) is 30.3 Å². The number of alkyl halides is 6. The fraction of sp³-hybridized carbons (Fsp3) is 0.318. The number of nitrogens with zero attached hydrogens (tertiary/aromatic N) is 2. The number of halogens is 10. The van der Waals surface area contributed by atoms with Crippen molar-refractivity contribution in [2.45, 2.75) is 87.8 Å². The van der Waals surface area contributed by atoms with E-state index in [1.165, 1.54) is 79.1 Å². The Labute approximate surface area is 328 Å². The molecule has 14 heteroatoms. The number of pyridine rings is 2. The van der Waals surface area contributed by atoms with Gasteiger partial charge in [-0.2, -0.15) is 26.3 Å². The van der Waals surface area contributed by atoms with Gasteiger partial charge in [0.2, 0.25) is 0 Å². The van der Waals surface area contributed by atoms with Crippen LogP contribution in [0.1, 0.15) is 62.8 Å². The minimum absolute atomic E-state index is 0.0165. The van der Waals surface area contributed by atoms with Crippen molar-refractivity contribution in [1.29, 1.82) is 0 Å². The molecule has 0 amide bonds. The molecule has 2 aromatic heterocycles. The third kappa shape index (κ3) is 9.78. The van der Waals surface area contributed by atoms with Crippen LogP contribution in [-0.2, 0) is 23.7 Å². The Morgan fingerprint density at radius 3 is 1.41 bits per heavy atom. The lowest BCUT2D eigenvalue weighted by atomic mass is 9.73. The Morgan fingerprint density at radius 1 is 0.500 bits per heavy atom. The van der Waals surface area contributed by atoms with Gasteiger partial charge in [0.1, 0.15) is 23.3 Å². The third-order valence-corrected chi connectivity index (χ3v) is 10.3. The summed E-state index contributed by atoms with van der Waals surface area (Å²) in [6, 6.07) is 20.7. The molecule has 0 aliphatic rings. The highest BCUT2D eigenvalue weighted by atomic mass is 19.4. The van der Waals surface area contributed by atoms with Gasteiger partial charge in [-0.1, -0.05) is 58.0 Å². The number of rotatable bonds is 10. The van der Waals surface area contributed by atoms with Gasteiger partial charge in [0.05, 0.1) is 11.0 Å². The van der Waals surface area contributed by atoms with Gasteiger partial charge in [-0.05, 0) is 107 Å². The van der Waals surface area contributed by atoms with Gasteiger partial charge in [-0.3, -0.25) is 9.97 Å². The van der Waals surface area contributed by atoms with Crippen molar-refractivity contribution in [3.8, 4) is 0 Å². The summed E-state index contributed by atoms with van der Waals surface area (Å²) in [5, 5.41) is 21.8. The lowest BCUT2D eigenvalue weighted by molar-refractivity contribution is -0.266. The molecule has 0 saturated carbocycles. The topological polar surface area (TPSA) is 66.2 Å². The zero-order valence-electron chi connectivity index (χ0n) is 31.8. The molecule has 0 radical (unpaired) electrons. The summed E-state index contributed by atoms with van der Waals surface area (Å²) in [7, 11) is 0. The highest BCUT2D eigenvalue weighted by Gasteiger charge is 2.57. The van der Waals surface area contributed by atoms with E-state index in [0.29, 0.717) is 16.5 Å². The molecule has 308 valence electrons. The van der Waals surface area contributed by atoms with Crippen molar-refractivity contribution in [3.05, 3.63) is 155 Å². The van der Waals surface area contributed by atoms with Crippen LogP contribution < -0.4 is 0 Å². The molecule has 6 rings (SSSR count). The minimum atomic E-state index is -4.97. The van der Waals surface area contributed by atoms with Crippen molar-refractivity contribution in [2.75, 3.05) is 0 Å². The van der Waals surface area contributed by atoms with Crippen LogP contribution in [0, 0.1) is 23.3 Å². The van der Waals surface area contributed by atoms with Gasteiger partial charge >= 0.3 is 12.4 Å². The molecule has 0 spiro atoms. The molecule has 0 aliphatic heterocycles. The normalized spacial score (nSPS) is 14.8. The molecular formula is C44H40F10N2O2. The largest absolute Gasteiger partial charge is 0.417 e. The highest BCUT2D eigenvalue weighted by molar-refractivity contribution is 5.83. The highest BCUT2D eigenvalue weighted by Crippen LogP contribution is 2.45. The Kier molecular flexibility index (Phi) is 12.4. The number of aromatic nitrogens is 2. The van der Waals surface area contributed by atoms with Crippen LogP contribution in [0.4, 0.5) is 43.9 Å². The predicted molar refractivity (Wildman–Crippen MR) is 201 cm³/mol. The van der Waals surface area contributed by atoms with Crippen molar-refractivity contribution in [2.24, 2.45) is 0 Å². The first-order valence-corrected chi connectivity index (χ1v) is 18.0. The predicted octanol–water partition coefficient (Wildman–Crippen LogP) is 11.4. The molecule has 0 saturated heterocycles. The number of hydrogen-bond acceptors (Lipinski definition) is 4. The van der Waals surface area contributed by atoms with Crippen LogP contribution in [0.3, 0.4) is 0 Å². The van der Waals surface area contributed by atoms with Crippen molar-refractivity contribution in [1.82, 2.24) is 9.97 Å². The Morgan fingerprint density at radius 2 is 0.931 bits per heavy atom. The fourth-order valence-corrected chi connectivity index (χ4v) is 7.34. The van der Waals surface area contributed by atoms with Crippen molar-refractivity contribution < 1.29 is 54.1 Å². The van der Waals surface area contributed by atoms with Crippen molar-refractivity contribution >= 4 is 21.8 Å². The van der Waals surface area contributed by atoms with E-state index in [1.54, 1.807) is 27.7 Å². The maximum atomic E-state index is 14.3. The van der Waals surface area contributed by atoms with Crippen LogP contribution in [0.5, 0.6) is 0 Å². The van der Waals surface area contributed by atoms with E-state index in [4.69, 9.17) is 0 Å². The van der Waals surface area contributed by atoms with Gasteiger partial charge in [-0.25, -0.2) is 17.6 Å². The molecule has 4 nitrogen and oxygen atoms in total. The van der Waals surface area contributed by atoms with E-state index in [-0.39, 0.29) is 27.5 Å². The zero-order chi connectivity index (χ0) is 42.9. The average Bonchev–Trinajstić information content (AvgIpc) is 3.11. The first-order chi connectivity index (χ1) is 26.8. The summed E-state index contributed by atoms with van der Waals surface area (Å²) in [5.41, 5.74) is -6.81. The van der Waals surface area contributed by atoms with E-state index in [9.17, 15) is 54.1 Å². The number of benzene rings is 4. The first-order valence-electron chi connectivity index (χ1n) is 18.0. The Hall–Kier alpha value is -5.08. The van der Waals surface area contributed by atoms with Crippen LogP contribution >= 0.6 is 0 Å². The molecule has 2 atom stereocenters. The third-order valence-electron chi connectivity index (χ3n) is 10.3. The molecule has 0 fully saturated rings. The second-order valence-electron chi connectivity index (χ2n) is 15.8. The van der Waals surface area contributed by atoms with Gasteiger partial charge < -0.3 is 10.2 Å². The Balaban J connectivity index is 0.000000221. The summed E-state index contributed by atoms with van der Waals surface area (Å²) < 4.78 is 138. The molecule has 2 heterocycles. The SMILES string of the molecule is CC(C)(CC(O)(Cc1ccnc2cc(F)ccc12)C(F)(F)F)c1ccc(F)cc1.CC(C)(CC(O)(Cc1ccnc2cccc(F)c12)C(F)(F)F)c1ccc(F)cc1. The summed E-state index contributed by atoms with van der Waals surface area (Å²) in [6.07, 6.45) is -10.2. The molecule has 6 aromatic rings. The fourth-order valence-electron chi connectivity index (χ4n) is 7.34. The van der Waals surface area contributed by atoms with Crippen LogP contribution in [-0.4, -0.2) is 43.7 Å². The maximum Gasteiger partial charge on any atom is 0.417 e. The Bertz CT molecular complexity index is 2350. The van der Waals surface area contributed by atoms with Crippen LogP contribution in [0.15, 0.2) is 109 Å². The quantitative estimate of drug-likeness (QED) is 0.135. The van der Waals surface area contributed by atoms with E-state index < -0.39 is 83.3 Å². The molecule has 2 N–H and O–H groups in total. The average molecular weight is 819 g/mol. The van der Waals surface area contributed by atoms with Gasteiger partial charge in [0.25, 0.3) is 0 Å². The first kappa shape index (κ1) is 44.0.